The monoisotopic (exact) mass is 328 g/mol. The van der Waals surface area contributed by atoms with Crippen molar-refractivity contribution in [3.8, 4) is 5.75 Å². The minimum absolute atomic E-state index is 0.0387. The summed E-state index contributed by atoms with van der Waals surface area (Å²) in [7, 11) is 0. The third kappa shape index (κ3) is 3.65. The summed E-state index contributed by atoms with van der Waals surface area (Å²) in [4.78, 5) is 23.4. The topological polar surface area (TPSA) is 43.4 Å². The van der Waals surface area contributed by atoms with Crippen LogP contribution in [0.5, 0.6) is 5.75 Å². The molecule has 0 unspecified atom stereocenters. The first-order valence-electron chi connectivity index (χ1n) is 5.96. The number of rotatable bonds is 4. The largest absolute Gasteiger partial charge is 0.573 e. The Morgan fingerprint density at radius 3 is 2.45 bits per heavy atom. The van der Waals surface area contributed by atoms with E-state index in [-0.39, 0.29) is 21.7 Å². The maximum Gasteiger partial charge on any atom is 0.573 e. The average Bonchev–Trinajstić information content (AvgIpc) is 2.44. The molecule has 0 amide bonds. The molecule has 0 fully saturated rings. The van der Waals surface area contributed by atoms with Crippen molar-refractivity contribution in [1.29, 1.82) is 0 Å². The molecular weight excluding hydrogens is 321 g/mol. The van der Waals surface area contributed by atoms with Crippen LogP contribution in [-0.2, 0) is 0 Å². The number of hydrogen-bond acceptors (Lipinski definition) is 3. The van der Waals surface area contributed by atoms with Crippen LogP contribution in [0.1, 0.15) is 26.3 Å². The number of aldehydes is 1. The van der Waals surface area contributed by atoms with E-state index in [0.717, 1.165) is 12.1 Å². The van der Waals surface area contributed by atoms with Gasteiger partial charge in [0.25, 0.3) is 0 Å². The van der Waals surface area contributed by atoms with Gasteiger partial charge in [0, 0.05) is 11.1 Å². The van der Waals surface area contributed by atoms with Crippen molar-refractivity contribution in [3.05, 3.63) is 64.2 Å². The maximum atomic E-state index is 12.4. The highest BCUT2D eigenvalue weighted by Crippen LogP contribution is 2.27. The third-order valence-electron chi connectivity index (χ3n) is 2.73. The minimum atomic E-state index is -4.86. The lowest BCUT2D eigenvalue weighted by Gasteiger charge is -2.10. The summed E-state index contributed by atoms with van der Waals surface area (Å²) in [5, 5.41) is 0.0387. The molecule has 0 spiro atoms. The minimum Gasteiger partial charge on any atom is -0.406 e. The second-order valence-electron chi connectivity index (χ2n) is 4.23. The Bertz CT molecular complexity index is 726. The maximum absolute atomic E-state index is 12.4. The molecule has 2 aromatic rings. The zero-order valence-corrected chi connectivity index (χ0v) is 11.6. The lowest BCUT2D eigenvalue weighted by Crippen LogP contribution is -2.17. The fourth-order valence-corrected chi connectivity index (χ4v) is 2.13. The molecule has 0 aliphatic heterocycles. The molecular formula is C15H8ClF3O3. The zero-order chi connectivity index (χ0) is 16.3. The van der Waals surface area contributed by atoms with Crippen LogP contribution in [0.3, 0.4) is 0 Å². The van der Waals surface area contributed by atoms with Crippen LogP contribution < -0.4 is 4.74 Å². The Balaban J connectivity index is 2.43. The van der Waals surface area contributed by atoms with Gasteiger partial charge in [-0.3, -0.25) is 9.59 Å². The second kappa shape index (κ2) is 6.19. The van der Waals surface area contributed by atoms with Crippen molar-refractivity contribution in [2.75, 3.05) is 0 Å². The molecule has 0 aliphatic rings. The van der Waals surface area contributed by atoms with Crippen LogP contribution in [0.4, 0.5) is 13.2 Å². The molecule has 0 atom stereocenters. The Labute approximate surface area is 128 Å². The summed E-state index contributed by atoms with van der Waals surface area (Å²) in [6, 6.07) is 8.85. The van der Waals surface area contributed by atoms with Crippen LogP contribution in [0.15, 0.2) is 42.5 Å². The Morgan fingerprint density at radius 1 is 1.14 bits per heavy atom. The van der Waals surface area contributed by atoms with Crippen molar-refractivity contribution in [1.82, 2.24) is 0 Å². The number of halogens is 4. The summed E-state index contributed by atoms with van der Waals surface area (Å²) >= 11 is 5.91. The van der Waals surface area contributed by atoms with E-state index in [1.807, 2.05) is 0 Å². The van der Waals surface area contributed by atoms with Crippen molar-refractivity contribution < 1.29 is 27.5 Å². The Morgan fingerprint density at radius 2 is 1.82 bits per heavy atom. The van der Waals surface area contributed by atoms with Crippen molar-refractivity contribution >= 4 is 23.7 Å². The highest BCUT2D eigenvalue weighted by molar-refractivity contribution is 6.35. The summed E-state index contributed by atoms with van der Waals surface area (Å²) in [6.45, 7) is 0. The van der Waals surface area contributed by atoms with E-state index in [2.05, 4.69) is 4.74 Å². The van der Waals surface area contributed by atoms with E-state index in [9.17, 15) is 22.8 Å². The van der Waals surface area contributed by atoms with Crippen LogP contribution in [0, 0.1) is 0 Å². The van der Waals surface area contributed by atoms with Gasteiger partial charge in [-0.2, -0.15) is 0 Å². The summed E-state index contributed by atoms with van der Waals surface area (Å²) in [5.41, 5.74) is -0.0825. The molecule has 0 bridgehead atoms. The number of benzene rings is 2. The molecule has 0 saturated carbocycles. The average molecular weight is 329 g/mol. The number of hydrogen-bond donors (Lipinski definition) is 0. The van der Waals surface area contributed by atoms with E-state index < -0.39 is 17.9 Å². The predicted octanol–water partition coefficient (Wildman–Crippen LogP) is 4.28. The number of ketones is 1. The highest BCUT2D eigenvalue weighted by atomic mass is 35.5. The van der Waals surface area contributed by atoms with Crippen LogP contribution in [0.2, 0.25) is 5.02 Å². The van der Waals surface area contributed by atoms with Crippen LogP contribution >= 0.6 is 11.6 Å². The molecule has 0 N–H and O–H groups in total. The third-order valence-corrected chi connectivity index (χ3v) is 3.04. The van der Waals surface area contributed by atoms with Gasteiger partial charge >= 0.3 is 6.36 Å². The van der Waals surface area contributed by atoms with Crippen LogP contribution in [0.25, 0.3) is 0 Å². The number of alkyl halides is 3. The molecule has 22 heavy (non-hydrogen) atoms. The molecule has 0 heterocycles. The van der Waals surface area contributed by atoms with E-state index in [4.69, 9.17) is 11.6 Å². The van der Waals surface area contributed by atoms with Gasteiger partial charge in [-0.15, -0.1) is 13.2 Å². The molecule has 0 radical (unpaired) electrons. The molecule has 0 aliphatic carbocycles. The van der Waals surface area contributed by atoms with Gasteiger partial charge < -0.3 is 4.74 Å². The number of ether oxygens (including phenoxy) is 1. The molecule has 0 saturated heterocycles. The Kier molecular flexibility index (Phi) is 4.51. The molecule has 2 rings (SSSR count). The number of carbonyl (C=O) groups is 2. The second-order valence-corrected chi connectivity index (χ2v) is 4.63. The van der Waals surface area contributed by atoms with Crippen molar-refractivity contribution in [2.45, 2.75) is 6.36 Å². The summed E-state index contributed by atoms with van der Waals surface area (Å²) in [5.74, 6) is -1.20. The molecule has 3 nitrogen and oxygen atoms in total. The lowest BCUT2D eigenvalue weighted by molar-refractivity contribution is -0.274. The van der Waals surface area contributed by atoms with E-state index >= 15 is 0 Å². The first-order chi connectivity index (χ1) is 10.3. The Hall–Kier alpha value is -2.34. The first-order valence-corrected chi connectivity index (χ1v) is 6.34. The lowest BCUT2D eigenvalue weighted by atomic mass is 9.99. The van der Waals surface area contributed by atoms with E-state index in [1.54, 1.807) is 0 Å². The first kappa shape index (κ1) is 16.0. The fraction of sp³-hybridized carbons (Fsp3) is 0.0667. The van der Waals surface area contributed by atoms with Gasteiger partial charge in [-0.1, -0.05) is 35.9 Å². The van der Waals surface area contributed by atoms with Gasteiger partial charge in [-0.05, 0) is 18.2 Å². The van der Waals surface area contributed by atoms with Gasteiger partial charge in [0.05, 0.1) is 10.6 Å². The zero-order valence-electron chi connectivity index (χ0n) is 10.9. The molecule has 114 valence electrons. The number of carbonyl (C=O) groups excluding carboxylic acids is 2. The van der Waals surface area contributed by atoms with Gasteiger partial charge in [0.2, 0.25) is 0 Å². The molecule has 7 heteroatoms. The SMILES string of the molecule is O=Cc1cccc(Cl)c1C(=O)c1cccc(OC(F)(F)F)c1. The van der Waals surface area contributed by atoms with Gasteiger partial charge in [-0.25, -0.2) is 0 Å². The quantitative estimate of drug-likeness (QED) is 0.621. The molecule has 0 aromatic heterocycles. The summed E-state index contributed by atoms with van der Waals surface area (Å²) < 4.78 is 40.4. The fourth-order valence-electron chi connectivity index (χ4n) is 1.86. The molecule has 2 aromatic carbocycles. The predicted molar refractivity (Wildman–Crippen MR) is 73.4 cm³/mol. The summed E-state index contributed by atoms with van der Waals surface area (Å²) in [6.07, 6.45) is -4.41. The van der Waals surface area contributed by atoms with E-state index in [1.165, 1.54) is 30.3 Å². The standard InChI is InChI=1S/C15H8ClF3O3/c16-12-6-2-4-10(8-20)13(12)14(21)9-3-1-5-11(7-9)22-15(17,18)19/h1-8H. The smallest absolute Gasteiger partial charge is 0.406 e. The van der Waals surface area contributed by atoms with Crippen molar-refractivity contribution in [3.63, 3.8) is 0 Å². The van der Waals surface area contributed by atoms with Crippen molar-refractivity contribution in [2.24, 2.45) is 0 Å². The van der Waals surface area contributed by atoms with Gasteiger partial charge in [0.1, 0.15) is 5.75 Å². The van der Waals surface area contributed by atoms with E-state index in [0.29, 0.717) is 6.29 Å². The van der Waals surface area contributed by atoms with Gasteiger partial charge in [0.15, 0.2) is 12.1 Å². The highest BCUT2D eigenvalue weighted by Gasteiger charge is 2.31. The normalized spacial score (nSPS) is 11.1. The van der Waals surface area contributed by atoms with Crippen LogP contribution in [-0.4, -0.2) is 18.4 Å².